The molecule has 2 aromatic rings. The quantitative estimate of drug-likeness (QED) is 0.767. The SMILES string of the molecule is O=C(CC1COCCN1Cc1ccc(-c2ccccn2)cc1)N1CC=CC1. The van der Waals surface area contributed by atoms with Crippen LogP contribution in [0.2, 0.25) is 0 Å². The molecule has 2 aliphatic rings. The molecule has 3 heterocycles. The van der Waals surface area contributed by atoms with E-state index in [1.165, 1.54) is 5.56 Å². The lowest BCUT2D eigenvalue weighted by Crippen LogP contribution is -2.47. The molecule has 1 saturated heterocycles. The van der Waals surface area contributed by atoms with Gasteiger partial charge in [-0.1, -0.05) is 42.5 Å². The van der Waals surface area contributed by atoms with E-state index in [-0.39, 0.29) is 11.9 Å². The van der Waals surface area contributed by atoms with Crippen molar-refractivity contribution in [2.45, 2.75) is 19.0 Å². The Bertz CT molecular complexity index is 781. The zero-order valence-electron chi connectivity index (χ0n) is 15.5. The number of hydrogen-bond donors (Lipinski definition) is 0. The lowest BCUT2D eigenvalue weighted by atomic mass is 10.1. The molecule has 0 saturated carbocycles. The Labute approximate surface area is 160 Å². The van der Waals surface area contributed by atoms with Crippen molar-refractivity contribution in [2.75, 3.05) is 32.8 Å². The van der Waals surface area contributed by atoms with Crippen LogP contribution in [0.5, 0.6) is 0 Å². The van der Waals surface area contributed by atoms with E-state index < -0.39 is 0 Å². The zero-order chi connectivity index (χ0) is 18.5. The molecular formula is C22H25N3O2. The Morgan fingerprint density at radius 1 is 1.11 bits per heavy atom. The Morgan fingerprint density at radius 2 is 1.93 bits per heavy atom. The lowest BCUT2D eigenvalue weighted by Gasteiger charge is -2.36. The summed E-state index contributed by atoms with van der Waals surface area (Å²) in [6, 6.07) is 14.6. The number of amides is 1. The topological polar surface area (TPSA) is 45.7 Å². The van der Waals surface area contributed by atoms with Crippen molar-refractivity contribution in [3.8, 4) is 11.3 Å². The highest BCUT2D eigenvalue weighted by molar-refractivity contribution is 5.77. The number of nitrogens with zero attached hydrogens (tertiary/aromatic N) is 3. The molecule has 2 aliphatic heterocycles. The third-order valence-electron chi connectivity index (χ3n) is 5.23. The summed E-state index contributed by atoms with van der Waals surface area (Å²) in [6.45, 7) is 4.52. The van der Waals surface area contributed by atoms with Gasteiger partial charge in [-0.15, -0.1) is 0 Å². The van der Waals surface area contributed by atoms with Crippen LogP contribution in [0.4, 0.5) is 0 Å². The number of benzene rings is 1. The molecule has 0 N–H and O–H groups in total. The number of ether oxygens (including phenoxy) is 1. The minimum absolute atomic E-state index is 0.141. The van der Waals surface area contributed by atoms with Gasteiger partial charge in [0.05, 0.1) is 18.9 Å². The molecule has 1 aromatic carbocycles. The highest BCUT2D eigenvalue weighted by atomic mass is 16.5. The first-order valence-corrected chi connectivity index (χ1v) is 9.54. The highest BCUT2D eigenvalue weighted by Crippen LogP contribution is 2.20. The van der Waals surface area contributed by atoms with Crippen LogP contribution in [0.25, 0.3) is 11.3 Å². The summed E-state index contributed by atoms with van der Waals surface area (Å²) >= 11 is 0. The summed E-state index contributed by atoms with van der Waals surface area (Å²) in [7, 11) is 0. The van der Waals surface area contributed by atoms with Gasteiger partial charge in [0, 0.05) is 50.4 Å². The van der Waals surface area contributed by atoms with Crippen LogP contribution < -0.4 is 0 Å². The molecule has 0 spiro atoms. The first-order valence-electron chi connectivity index (χ1n) is 9.54. The van der Waals surface area contributed by atoms with Crippen LogP contribution in [-0.2, 0) is 16.1 Å². The molecule has 1 unspecified atom stereocenters. The maximum Gasteiger partial charge on any atom is 0.224 e. The van der Waals surface area contributed by atoms with Crippen molar-refractivity contribution >= 4 is 5.91 Å². The molecule has 5 heteroatoms. The van der Waals surface area contributed by atoms with Crippen molar-refractivity contribution in [1.82, 2.24) is 14.8 Å². The maximum atomic E-state index is 12.5. The number of aromatic nitrogens is 1. The largest absolute Gasteiger partial charge is 0.378 e. The second-order valence-electron chi connectivity index (χ2n) is 7.09. The van der Waals surface area contributed by atoms with Gasteiger partial charge in [0.1, 0.15) is 0 Å². The monoisotopic (exact) mass is 363 g/mol. The van der Waals surface area contributed by atoms with E-state index >= 15 is 0 Å². The molecule has 1 atom stereocenters. The van der Waals surface area contributed by atoms with E-state index in [2.05, 4.69) is 46.3 Å². The fourth-order valence-corrected chi connectivity index (χ4v) is 3.65. The molecule has 1 aromatic heterocycles. The van der Waals surface area contributed by atoms with Crippen LogP contribution in [0.15, 0.2) is 60.8 Å². The van der Waals surface area contributed by atoms with Crippen molar-refractivity contribution in [3.05, 3.63) is 66.4 Å². The number of pyridine rings is 1. The molecule has 0 aliphatic carbocycles. The van der Waals surface area contributed by atoms with Gasteiger partial charge >= 0.3 is 0 Å². The highest BCUT2D eigenvalue weighted by Gasteiger charge is 2.27. The average Bonchev–Trinajstić information content (AvgIpc) is 3.26. The Hall–Kier alpha value is -2.50. The number of carbonyl (C=O) groups excluding carboxylic acids is 1. The fourth-order valence-electron chi connectivity index (χ4n) is 3.65. The van der Waals surface area contributed by atoms with Crippen LogP contribution in [0.1, 0.15) is 12.0 Å². The van der Waals surface area contributed by atoms with E-state index in [1.807, 2.05) is 29.3 Å². The average molecular weight is 363 g/mol. The minimum atomic E-state index is 0.141. The Morgan fingerprint density at radius 3 is 2.67 bits per heavy atom. The van der Waals surface area contributed by atoms with E-state index in [0.29, 0.717) is 13.0 Å². The summed E-state index contributed by atoms with van der Waals surface area (Å²) in [6.07, 6.45) is 6.44. The smallest absolute Gasteiger partial charge is 0.224 e. The van der Waals surface area contributed by atoms with Gasteiger partial charge in [-0.05, 0) is 17.7 Å². The third-order valence-corrected chi connectivity index (χ3v) is 5.23. The molecule has 0 radical (unpaired) electrons. The minimum Gasteiger partial charge on any atom is -0.378 e. The first kappa shape index (κ1) is 17.9. The number of morpholine rings is 1. The molecule has 1 amide bonds. The summed E-state index contributed by atoms with van der Waals surface area (Å²) in [5.74, 6) is 0.214. The number of carbonyl (C=O) groups is 1. The second-order valence-corrected chi connectivity index (χ2v) is 7.09. The molecule has 27 heavy (non-hydrogen) atoms. The van der Waals surface area contributed by atoms with Gasteiger partial charge < -0.3 is 9.64 Å². The standard InChI is InChI=1S/C22H25N3O2/c26-22(24-11-3-4-12-24)15-20-17-27-14-13-25(20)16-18-6-8-19(9-7-18)21-5-1-2-10-23-21/h1-10,20H,11-17H2. The van der Waals surface area contributed by atoms with Crippen LogP contribution in [-0.4, -0.2) is 59.6 Å². The summed E-state index contributed by atoms with van der Waals surface area (Å²) < 4.78 is 5.65. The van der Waals surface area contributed by atoms with E-state index in [0.717, 1.165) is 44.0 Å². The second kappa shape index (κ2) is 8.46. The van der Waals surface area contributed by atoms with Gasteiger partial charge in [-0.3, -0.25) is 14.7 Å². The predicted molar refractivity (Wildman–Crippen MR) is 105 cm³/mol. The number of hydrogen-bond acceptors (Lipinski definition) is 4. The Kier molecular flexibility index (Phi) is 5.61. The van der Waals surface area contributed by atoms with E-state index in [1.54, 1.807) is 0 Å². The molecule has 5 nitrogen and oxygen atoms in total. The normalized spacial score (nSPS) is 20.1. The summed E-state index contributed by atoms with van der Waals surface area (Å²) in [5, 5.41) is 0. The van der Waals surface area contributed by atoms with Gasteiger partial charge in [-0.2, -0.15) is 0 Å². The van der Waals surface area contributed by atoms with Gasteiger partial charge in [0.15, 0.2) is 0 Å². The van der Waals surface area contributed by atoms with Crippen LogP contribution >= 0.6 is 0 Å². The molecule has 1 fully saturated rings. The Balaban J connectivity index is 1.39. The van der Waals surface area contributed by atoms with Gasteiger partial charge in [0.2, 0.25) is 5.91 Å². The van der Waals surface area contributed by atoms with Crippen molar-refractivity contribution in [2.24, 2.45) is 0 Å². The first-order chi connectivity index (χ1) is 13.3. The predicted octanol–water partition coefficient (Wildman–Crippen LogP) is 2.74. The van der Waals surface area contributed by atoms with E-state index in [4.69, 9.17) is 4.74 Å². The fraction of sp³-hybridized carbons (Fsp3) is 0.364. The van der Waals surface area contributed by atoms with Crippen molar-refractivity contribution in [1.29, 1.82) is 0 Å². The molecule has 4 rings (SSSR count). The molecular weight excluding hydrogens is 338 g/mol. The summed E-state index contributed by atoms with van der Waals surface area (Å²) in [5.41, 5.74) is 3.35. The van der Waals surface area contributed by atoms with Crippen LogP contribution in [0, 0.1) is 0 Å². The summed E-state index contributed by atoms with van der Waals surface area (Å²) in [4.78, 5) is 21.2. The van der Waals surface area contributed by atoms with Crippen molar-refractivity contribution < 1.29 is 9.53 Å². The third kappa shape index (κ3) is 4.43. The van der Waals surface area contributed by atoms with Gasteiger partial charge in [-0.25, -0.2) is 0 Å². The molecule has 140 valence electrons. The number of rotatable bonds is 5. The van der Waals surface area contributed by atoms with E-state index in [9.17, 15) is 4.79 Å². The van der Waals surface area contributed by atoms with Crippen LogP contribution in [0.3, 0.4) is 0 Å². The lowest BCUT2D eigenvalue weighted by molar-refractivity contribution is -0.133. The van der Waals surface area contributed by atoms with Crippen molar-refractivity contribution in [3.63, 3.8) is 0 Å². The van der Waals surface area contributed by atoms with Gasteiger partial charge in [0.25, 0.3) is 0 Å². The zero-order valence-corrected chi connectivity index (χ0v) is 15.5. The molecule has 0 bridgehead atoms. The maximum absolute atomic E-state index is 12.5.